The highest BCUT2D eigenvalue weighted by Crippen LogP contribution is 2.10. The molecule has 0 aromatic heterocycles. The van der Waals surface area contributed by atoms with Crippen molar-refractivity contribution in [3.8, 4) is 0 Å². The Morgan fingerprint density at radius 2 is 1.67 bits per heavy atom. The van der Waals surface area contributed by atoms with E-state index in [4.69, 9.17) is 0 Å². The maximum atomic E-state index is 3.29. The monoisotopic (exact) mass is 191 g/mol. The molecule has 2 N–H and O–H groups in total. The van der Waals surface area contributed by atoms with Crippen molar-refractivity contribution in [3.05, 3.63) is 0 Å². The van der Waals surface area contributed by atoms with Gasteiger partial charge in [-0.2, -0.15) is 0 Å². The summed E-state index contributed by atoms with van der Waals surface area (Å²) in [6.45, 7) is 4.43. The molecule has 0 fully saturated rings. The molecule has 0 rings (SSSR count). The number of nitrogens with one attached hydrogen (secondary N) is 2. The fourth-order valence-electron chi connectivity index (χ4n) is 1.38. The Hall–Kier alpha value is 0.310. The summed E-state index contributed by atoms with van der Waals surface area (Å²) in [7, 11) is 8.83. The van der Waals surface area contributed by atoms with E-state index in [2.05, 4.69) is 45.7 Å². The molecular formula is C8H22N3P. The number of hydrogen-bond donors (Lipinski definition) is 2. The first kappa shape index (κ1) is 12.3. The third-order valence-corrected chi connectivity index (χ3v) is 2.90. The van der Waals surface area contributed by atoms with Gasteiger partial charge in [0.15, 0.2) is 0 Å². The van der Waals surface area contributed by atoms with Crippen LogP contribution in [0.15, 0.2) is 0 Å². The molecule has 0 heterocycles. The molecule has 0 saturated heterocycles. The Balaban J connectivity index is 4.10. The molecule has 3 unspecified atom stereocenters. The van der Waals surface area contributed by atoms with E-state index in [9.17, 15) is 0 Å². The first-order valence-electron chi connectivity index (χ1n) is 4.36. The van der Waals surface area contributed by atoms with Gasteiger partial charge in [0, 0.05) is 0 Å². The van der Waals surface area contributed by atoms with Crippen molar-refractivity contribution in [2.45, 2.75) is 25.9 Å². The third-order valence-electron chi connectivity index (χ3n) is 2.10. The average Bonchev–Trinajstić information content (AvgIpc) is 2.03. The molecule has 3 nitrogen and oxygen atoms in total. The number of nitrogens with zero attached hydrogens (tertiary/aromatic N) is 1. The maximum absolute atomic E-state index is 3.29. The zero-order valence-corrected chi connectivity index (χ0v) is 9.91. The second-order valence-corrected chi connectivity index (χ2v) is 4.01. The van der Waals surface area contributed by atoms with Crippen LogP contribution in [0.2, 0.25) is 0 Å². The lowest BCUT2D eigenvalue weighted by atomic mass is 10.1. The van der Waals surface area contributed by atoms with Crippen LogP contribution in [-0.4, -0.2) is 38.1 Å². The molecule has 0 aliphatic carbocycles. The van der Waals surface area contributed by atoms with E-state index in [1.165, 1.54) is 0 Å². The molecule has 0 saturated carbocycles. The molecular weight excluding hydrogens is 169 g/mol. The van der Waals surface area contributed by atoms with Gasteiger partial charge in [-0.1, -0.05) is 13.8 Å². The van der Waals surface area contributed by atoms with Crippen molar-refractivity contribution < 1.29 is 0 Å². The number of hydrogen-bond acceptors (Lipinski definition) is 3. The smallest absolute Gasteiger partial charge is 0.0746 e. The summed E-state index contributed by atoms with van der Waals surface area (Å²) in [6, 6.07) is 0. The van der Waals surface area contributed by atoms with E-state index in [0.29, 0.717) is 18.0 Å². The SMILES string of the molecule is CNC(P)N(C)C(NC)C(C)C. The van der Waals surface area contributed by atoms with Crippen LogP contribution >= 0.6 is 9.24 Å². The average molecular weight is 191 g/mol. The van der Waals surface area contributed by atoms with E-state index >= 15 is 0 Å². The molecule has 0 aromatic carbocycles. The quantitative estimate of drug-likeness (QED) is 0.489. The van der Waals surface area contributed by atoms with Crippen LogP contribution in [0.25, 0.3) is 0 Å². The van der Waals surface area contributed by atoms with Crippen LogP contribution in [0.4, 0.5) is 0 Å². The van der Waals surface area contributed by atoms with Crippen LogP contribution in [-0.2, 0) is 0 Å². The molecule has 0 aromatic rings. The van der Waals surface area contributed by atoms with Gasteiger partial charge in [-0.05, 0) is 27.1 Å². The summed E-state index contributed by atoms with van der Waals surface area (Å²) in [6.07, 6.45) is 0.417. The highest BCUT2D eigenvalue weighted by Gasteiger charge is 2.19. The lowest BCUT2D eigenvalue weighted by Gasteiger charge is -2.34. The molecule has 0 aliphatic heterocycles. The van der Waals surface area contributed by atoms with Gasteiger partial charge in [0.2, 0.25) is 0 Å². The van der Waals surface area contributed by atoms with Gasteiger partial charge in [0.25, 0.3) is 0 Å². The van der Waals surface area contributed by atoms with Crippen LogP contribution < -0.4 is 10.6 Å². The van der Waals surface area contributed by atoms with Crippen molar-refractivity contribution in [3.63, 3.8) is 0 Å². The van der Waals surface area contributed by atoms with Crippen molar-refractivity contribution in [2.24, 2.45) is 5.92 Å². The molecule has 4 heteroatoms. The van der Waals surface area contributed by atoms with Gasteiger partial charge in [-0.3, -0.25) is 4.90 Å². The summed E-state index contributed by atoms with van der Waals surface area (Å²) in [5.41, 5.74) is 0. The Morgan fingerprint density at radius 3 is 1.92 bits per heavy atom. The van der Waals surface area contributed by atoms with Gasteiger partial charge in [0.1, 0.15) is 0 Å². The normalized spacial score (nSPS) is 17.0. The lowest BCUT2D eigenvalue weighted by Crippen LogP contribution is -2.51. The molecule has 0 aliphatic rings. The Morgan fingerprint density at radius 1 is 1.17 bits per heavy atom. The summed E-state index contributed by atoms with van der Waals surface area (Å²) in [4.78, 5) is 2.26. The molecule has 0 spiro atoms. The lowest BCUT2D eigenvalue weighted by molar-refractivity contribution is 0.141. The van der Waals surface area contributed by atoms with Gasteiger partial charge in [-0.15, -0.1) is 9.24 Å². The Bertz CT molecular complexity index is 119. The minimum Gasteiger partial charge on any atom is -0.305 e. The van der Waals surface area contributed by atoms with E-state index in [-0.39, 0.29) is 0 Å². The molecule has 3 atom stereocenters. The predicted molar refractivity (Wildman–Crippen MR) is 58.0 cm³/mol. The molecule has 0 amide bonds. The first-order valence-corrected chi connectivity index (χ1v) is 5.03. The van der Waals surface area contributed by atoms with Gasteiger partial charge in [0.05, 0.1) is 12.1 Å². The van der Waals surface area contributed by atoms with E-state index < -0.39 is 0 Å². The standard InChI is InChI=1S/C8H22N3P/c1-6(2)7(9-3)11(5)8(12)10-4/h6-10H,12H2,1-5H3. The highest BCUT2D eigenvalue weighted by molar-refractivity contribution is 7.17. The maximum Gasteiger partial charge on any atom is 0.0746 e. The minimum atomic E-state index is 0.324. The third kappa shape index (κ3) is 3.36. The van der Waals surface area contributed by atoms with Crippen molar-refractivity contribution in [1.82, 2.24) is 15.5 Å². The fourth-order valence-corrected chi connectivity index (χ4v) is 1.57. The zero-order chi connectivity index (χ0) is 9.72. The van der Waals surface area contributed by atoms with Gasteiger partial charge < -0.3 is 10.6 Å². The molecule has 0 bridgehead atoms. The van der Waals surface area contributed by atoms with Crippen LogP contribution in [0.1, 0.15) is 13.8 Å². The van der Waals surface area contributed by atoms with Gasteiger partial charge in [-0.25, -0.2) is 0 Å². The summed E-state index contributed by atoms with van der Waals surface area (Å²) < 4.78 is 0. The number of rotatable bonds is 5. The van der Waals surface area contributed by atoms with Gasteiger partial charge >= 0.3 is 0 Å². The van der Waals surface area contributed by atoms with Crippen LogP contribution in [0.5, 0.6) is 0 Å². The zero-order valence-electron chi connectivity index (χ0n) is 8.76. The highest BCUT2D eigenvalue weighted by atomic mass is 31.0. The van der Waals surface area contributed by atoms with E-state index in [1.54, 1.807) is 0 Å². The summed E-state index contributed by atoms with van der Waals surface area (Å²) >= 11 is 0. The van der Waals surface area contributed by atoms with Crippen molar-refractivity contribution in [2.75, 3.05) is 21.1 Å². The fraction of sp³-hybridized carbons (Fsp3) is 1.00. The first-order chi connectivity index (χ1) is 5.54. The van der Waals surface area contributed by atoms with Crippen LogP contribution in [0.3, 0.4) is 0 Å². The predicted octanol–water partition coefficient (Wildman–Crippen LogP) is 0.498. The second-order valence-electron chi connectivity index (χ2n) is 3.38. The minimum absolute atomic E-state index is 0.324. The Labute approximate surface area is 78.5 Å². The second kappa shape index (κ2) is 5.87. The molecule has 0 radical (unpaired) electrons. The summed E-state index contributed by atoms with van der Waals surface area (Å²) in [5.74, 6) is 0.932. The van der Waals surface area contributed by atoms with Crippen molar-refractivity contribution >= 4 is 9.24 Å². The summed E-state index contributed by atoms with van der Waals surface area (Å²) in [5, 5.41) is 6.47. The largest absolute Gasteiger partial charge is 0.305 e. The Kier molecular flexibility index (Phi) is 6.02. The molecule has 12 heavy (non-hydrogen) atoms. The van der Waals surface area contributed by atoms with E-state index in [0.717, 1.165) is 0 Å². The van der Waals surface area contributed by atoms with E-state index in [1.807, 2.05) is 14.1 Å². The molecule has 74 valence electrons. The topological polar surface area (TPSA) is 27.3 Å². The van der Waals surface area contributed by atoms with Crippen LogP contribution in [0, 0.1) is 5.92 Å². The van der Waals surface area contributed by atoms with Crippen molar-refractivity contribution in [1.29, 1.82) is 0 Å².